The van der Waals surface area contributed by atoms with Crippen LogP contribution < -0.4 is 10.1 Å². The summed E-state index contributed by atoms with van der Waals surface area (Å²) in [7, 11) is 1.42. The van der Waals surface area contributed by atoms with Crippen LogP contribution in [0.15, 0.2) is 60.7 Å². The normalized spacial score (nSPS) is 12.2. The number of carboxylic acid groups (broad SMARTS) is 1. The number of alkyl halides is 3. The van der Waals surface area contributed by atoms with Gasteiger partial charge >= 0.3 is 18.1 Å². The molecule has 0 spiro atoms. The summed E-state index contributed by atoms with van der Waals surface area (Å²) in [6.07, 6.45) is -5.28. The number of hydrogen-bond donors (Lipinski definition) is 2. The van der Waals surface area contributed by atoms with Gasteiger partial charge in [-0.3, -0.25) is 9.59 Å². The Morgan fingerprint density at radius 2 is 1.74 bits per heavy atom. The molecule has 0 radical (unpaired) electrons. The fraction of sp³-hybridized carbons (Fsp3) is 0.286. The first kappa shape index (κ1) is 29.0. The molecule has 2 N–H and O–H groups in total. The number of nitrogens with one attached hydrogen (secondary N) is 1. The van der Waals surface area contributed by atoms with Crippen LogP contribution in [0, 0.1) is 0 Å². The Labute approximate surface area is 223 Å². The topological polar surface area (TPSA) is 84.9 Å². The second-order valence-corrected chi connectivity index (χ2v) is 9.02. The third-order valence-corrected chi connectivity index (χ3v) is 6.06. The molecule has 0 saturated carbocycles. The van der Waals surface area contributed by atoms with Gasteiger partial charge in [-0.15, -0.1) is 0 Å². The van der Waals surface area contributed by atoms with Gasteiger partial charge in [-0.05, 0) is 65.6 Å². The lowest BCUT2D eigenvalue weighted by atomic mass is 9.94. The van der Waals surface area contributed by atoms with Crippen LogP contribution in [0.5, 0.6) is 5.75 Å². The molecule has 0 heterocycles. The minimum absolute atomic E-state index is 0.00361. The van der Waals surface area contributed by atoms with Crippen molar-refractivity contribution in [2.45, 2.75) is 38.6 Å². The standard InChI is InChI=1S/C28H27ClF3NO5/c1-17(19-4-7-22(29)8-5-19)38-27(36)11-12-33-16-20-15-21(28(30,31)32)6-9-23(20)24-13-18(14-26(34)35)3-10-25(24)37-2/h3-10,13,15,17,33H,11-12,14,16H2,1-2H3,(H,34,35). The fourth-order valence-corrected chi connectivity index (χ4v) is 4.03. The van der Waals surface area contributed by atoms with E-state index in [9.17, 15) is 22.8 Å². The number of methoxy groups -OCH3 is 1. The maximum absolute atomic E-state index is 13.5. The molecule has 0 aromatic heterocycles. The van der Waals surface area contributed by atoms with Crippen molar-refractivity contribution in [3.8, 4) is 16.9 Å². The average Bonchev–Trinajstić information content (AvgIpc) is 2.86. The van der Waals surface area contributed by atoms with Gasteiger partial charge in [0.05, 0.1) is 25.5 Å². The van der Waals surface area contributed by atoms with Crippen molar-refractivity contribution in [1.29, 1.82) is 0 Å². The van der Waals surface area contributed by atoms with Crippen molar-refractivity contribution >= 4 is 23.5 Å². The second-order valence-electron chi connectivity index (χ2n) is 8.59. The summed E-state index contributed by atoms with van der Waals surface area (Å²) >= 11 is 5.88. The molecule has 0 aliphatic heterocycles. The molecule has 1 unspecified atom stereocenters. The van der Waals surface area contributed by atoms with E-state index in [1.54, 1.807) is 49.4 Å². The van der Waals surface area contributed by atoms with Crippen LogP contribution in [-0.2, 0) is 33.5 Å². The number of carbonyl (C=O) groups is 2. The zero-order valence-electron chi connectivity index (χ0n) is 20.8. The monoisotopic (exact) mass is 549 g/mol. The van der Waals surface area contributed by atoms with Crippen molar-refractivity contribution < 1.29 is 37.3 Å². The van der Waals surface area contributed by atoms with E-state index in [-0.39, 0.29) is 25.9 Å². The minimum Gasteiger partial charge on any atom is -0.496 e. The molecule has 10 heteroatoms. The summed E-state index contributed by atoms with van der Waals surface area (Å²) in [5, 5.41) is 12.7. The maximum atomic E-state index is 13.5. The van der Waals surface area contributed by atoms with Crippen LogP contribution in [0.1, 0.15) is 41.7 Å². The van der Waals surface area contributed by atoms with Gasteiger partial charge in [-0.2, -0.15) is 13.2 Å². The molecule has 0 bridgehead atoms. The van der Waals surface area contributed by atoms with E-state index in [1.165, 1.54) is 13.2 Å². The molecule has 6 nitrogen and oxygen atoms in total. The van der Waals surface area contributed by atoms with E-state index in [2.05, 4.69) is 5.32 Å². The van der Waals surface area contributed by atoms with Gasteiger partial charge in [-0.1, -0.05) is 35.9 Å². The van der Waals surface area contributed by atoms with Gasteiger partial charge in [0.15, 0.2) is 0 Å². The highest BCUT2D eigenvalue weighted by Crippen LogP contribution is 2.37. The predicted molar refractivity (Wildman–Crippen MR) is 137 cm³/mol. The minimum atomic E-state index is -4.55. The molecule has 1 atom stereocenters. The number of carboxylic acids is 1. The molecular formula is C28H27ClF3NO5. The van der Waals surface area contributed by atoms with Crippen molar-refractivity contribution in [2.24, 2.45) is 0 Å². The van der Waals surface area contributed by atoms with Gasteiger partial charge < -0.3 is 19.9 Å². The van der Waals surface area contributed by atoms with Crippen LogP contribution >= 0.6 is 11.6 Å². The number of ether oxygens (including phenoxy) is 2. The number of aliphatic carboxylic acids is 1. The summed E-state index contributed by atoms with van der Waals surface area (Å²) < 4.78 is 51.2. The van der Waals surface area contributed by atoms with Crippen LogP contribution in [0.25, 0.3) is 11.1 Å². The van der Waals surface area contributed by atoms with Crippen LogP contribution in [0.2, 0.25) is 5.02 Å². The van der Waals surface area contributed by atoms with E-state index in [4.69, 9.17) is 26.2 Å². The molecule has 3 aromatic carbocycles. The average molecular weight is 550 g/mol. The zero-order chi connectivity index (χ0) is 27.9. The number of carbonyl (C=O) groups excluding carboxylic acids is 1. The molecule has 0 fully saturated rings. The third-order valence-electron chi connectivity index (χ3n) is 5.81. The highest BCUT2D eigenvalue weighted by Gasteiger charge is 2.31. The lowest BCUT2D eigenvalue weighted by Crippen LogP contribution is -2.20. The Hall–Kier alpha value is -3.56. The Kier molecular flexibility index (Phi) is 9.77. The molecular weight excluding hydrogens is 523 g/mol. The van der Waals surface area contributed by atoms with Crippen molar-refractivity contribution in [3.05, 3.63) is 87.9 Å². The van der Waals surface area contributed by atoms with Crippen molar-refractivity contribution in [1.82, 2.24) is 5.32 Å². The first-order valence-corrected chi connectivity index (χ1v) is 12.1. The van der Waals surface area contributed by atoms with E-state index >= 15 is 0 Å². The maximum Gasteiger partial charge on any atom is 0.416 e. The zero-order valence-corrected chi connectivity index (χ0v) is 21.5. The molecule has 3 aromatic rings. The van der Waals surface area contributed by atoms with Gasteiger partial charge in [0, 0.05) is 23.7 Å². The first-order chi connectivity index (χ1) is 18.0. The molecule has 0 aliphatic carbocycles. The summed E-state index contributed by atoms with van der Waals surface area (Å²) in [5.74, 6) is -1.11. The quantitative estimate of drug-likeness (QED) is 0.211. The van der Waals surface area contributed by atoms with E-state index in [0.29, 0.717) is 33.0 Å². The summed E-state index contributed by atoms with van der Waals surface area (Å²) in [6.45, 7) is 1.92. The Morgan fingerprint density at radius 3 is 2.37 bits per heavy atom. The number of benzene rings is 3. The van der Waals surface area contributed by atoms with Crippen molar-refractivity contribution in [2.75, 3.05) is 13.7 Å². The predicted octanol–water partition coefficient (Wildman–Crippen LogP) is 6.45. The Bertz CT molecular complexity index is 1280. The second kappa shape index (κ2) is 12.8. The van der Waals surface area contributed by atoms with E-state index in [1.807, 2.05) is 0 Å². The van der Waals surface area contributed by atoms with Gasteiger partial charge in [0.1, 0.15) is 11.9 Å². The molecule has 0 saturated heterocycles. The smallest absolute Gasteiger partial charge is 0.416 e. The molecule has 202 valence electrons. The Balaban J connectivity index is 1.75. The molecule has 38 heavy (non-hydrogen) atoms. The SMILES string of the molecule is COc1ccc(CC(=O)O)cc1-c1ccc(C(F)(F)F)cc1CNCCC(=O)OC(C)c1ccc(Cl)cc1. The Morgan fingerprint density at radius 1 is 1.03 bits per heavy atom. The number of esters is 1. The van der Waals surface area contributed by atoms with E-state index in [0.717, 1.165) is 17.7 Å². The molecule has 0 amide bonds. The van der Waals surface area contributed by atoms with Gasteiger partial charge in [0.2, 0.25) is 0 Å². The van der Waals surface area contributed by atoms with Crippen LogP contribution in [0.3, 0.4) is 0 Å². The summed E-state index contributed by atoms with van der Waals surface area (Å²) in [5.41, 5.74) is 1.66. The summed E-state index contributed by atoms with van der Waals surface area (Å²) in [6, 6.07) is 15.0. The fourth-order valence-electron chi connectivity index (χ4n) is 3.90. The highest BCUT2D eigenvalue weighted by atomic mass is 35.5. The highest BCUT2D eigenvalue weighted by molar-refractivity contribution is 6.30. The lowest BCUT2D eigenvalue weighted by Gasteiger charge is -2.17. The van der Waals surface area contributed by atoms with Gasteiger partial charge in [-0.25, -0.2) is 0 Å². The molecule has 3 rings (SSSR count). The number of rotatable bonds is 11. The van der Waals surface area contributed by atoms with Crippen LogP contribution in [-0.4, -0.2) is 30.7 Å². The third kappa shape index (κ3) is 7.97. The molecule has 0 aliphatic rings. The number of hydrogen-bond acceptors (Lipinski definition) is 5. The van der Waals surface area contributed by atoms with Gasteiger partial charge in [0.25, 0.3) is 0 Å². The number of halogens is 4. The first-order valence-electron chi connectivity index (χ1n) is 11.7. The van der Waals surface area contributed by atoms with Crippen molar-refractivity contribution in [3.63, 3.8) is 0 Å². The summed E-state index contributed by atoms with van der Waals surface area (Å²) in [4.78, 5) is 23.5. The van der Waals surface area contributed by atoms with Crippen LogP contribution in [0.4, 0.5) is 13.2 Å². The van der Waals surface area contributed by atoms with E-state index < -0.39 is 29.8 Å². The largest absolute Gasteiger partial charge is 0.496 e. The lowest BCUT2D eigenvalue weighted by molar-refractivity contribution is -0.148.